The Hall–Kier alpha value is -8.38. The second-order valence-corrected chi connectivity index (χ2v) is 26.5. The Balaban J connectivity index is 0.943. The van der Waals surface area contributed by atoms with Crippen molar-refractivity contribution in [3.63, 3.8) is 0 Å². The molecule has 0 atom stereocenters. The molecule has 0 spiro atoms. The second-order valence-electron chi connectivity index (χ2n) is 21.4. The van der Waals surface area contributed by atoms with E-state index in [-0.39, 0.29) is 5.41 Å². The quantitative estimate of drug-likeness (QED) is 0.118. The van der Waals surface area contributed by atoms with E-state index < -0.39 is 8.07 Å². The van der Waals surface area contributed by atoms with E-state index in [1.54, 1.807) is 0 Å². The van der Waals surface area contributed by atoms with E-state index in [2.05, 4.69) is 244 Å². The van der Waals surface area contributed by atoms with E-state index in [1.807, 2.05) is 12.1 Å². The van der Waals surface area contributed by atoms with Gasteiger partial charge < -0.3 is 18.6 Å². The van der Waals surface area contributed by atoms with Crippen LogP contribution in [0.2, 0.25) is 19.6 Å². The van der Waals surface area contributed by atoms with Gasteiger partial charge >= 0.3 is 0 Å². The lowest BCUT2D eigenvalue weighted by atomic mass is 9.79. The van der Waals surface area contributed by atoms with Crippen LogP contribution in [0.15, 0.2) is 215 Å². The Morgan fingerprint density at radius 1 is 0.403 bits per heavy atom. The molecule has 346 valence electrons. The van der Waals surface area contributed by atoms with Gasteiger partial charge in [-0.05, 0) is 146 Å². The first-order valence-electron chi connectivity index (χ1n) is 25.2. The number of rotatable bonds is 7. The van der Waals surface area contributed by atoms with E-state index in [9.17, 15) is 0 Å². The zero-order valence-corrected chi connectivity index (χ0v) is 42.3. The van der Waals surface area contributed by atoms with Crippen molar-refractivity contribution in [2.75, 3.05) is 9.80 Å². The number of anilines is 6. The lowest BCUT2D eigenvalue weighted by molar-refractivity contribution is 0.667. The van der Waals surface area contributed by atoms with Gasteiger partial charge in [0.1, 0.15) is 11.2 Å². The summed E-state index contributed by atoms with van der Waals surface area (Å²) in [5.74, 6) is 0. The lowest BCUT2D eigenvalue weighted by Gasteiger charge is -2.28. The largest absolute Gasteiger partial charge is 0.454 e. The molecule has 13 aromatic rings. The number of para-hydroxylation sites is 4. The van der Waals surface area contributed by atoms with Crippen molar-refractivity contribution in [3.8, 4) is 11.1 Å². The summed E-state index contributed by atoms with van der Waals surface area (Å²) in [5, 5.41) is 13.3. The van der Waals surface area contributed by atoms with E-state index >= 15 is 0 Å². The van der Waals surface area contributed by atoms with Crippen molar-refractivity contribution in [3.05, 3.63) is 223 Å². The number of benzene rings is 11. The fourth-order valence-electron chi connectivity index (χ4n) is 12.0. The molecule has 0 unspecified atom stereocenters. The predicted molar refractivity (Wildman–Crippen MR) is 308 cm³/mol. The Labute approximate surface area is 420 Å². The molecule has 0 N–H and O–H groups in total. The average Bonchev–Trinajstić information content (AvgIpc) is 4.05. The summed E-state index contributed by atoms with van der Waals surface area (Å²) >= 11 is 0. The van der Waals surface area contributed by atoms with Crippen LogP contribution in [0.25, 0.3) is 87.3 Å². The highest BCUT2D eigenvalue weighted by Gasteiger charge is 2.39. The van der Waals surface area contributed by atoms with Crippen molar-refractivity contribution in [2.24, 2.45) is 0 Å². The van der Waals surface area contributed by atoms with E-state index in [4.69, 9.17) is 8.83 Å². The lowest BCUT2D eigenvalue weighted by Crippen LogP contribution is -2.37. The van der Waals surface area contributed by atoms with E-state index in [0.29, 0.717) is 0 Å². The molecule has 5 heteroatoms. The molecule has 0 bridgehead atoms. The second kappa shape index (κ2) is 15.6. The number of aryl methyl sites for hydroxylation is 1. The maximum Gasteiger partial charge on any atom is 0.159 e. The molecular formula is C67H52N2O2Si. The Morgan fingerprint density at radius 3 is 1.53 bits per heavy atom. The number of fused-ring (bicyclic) bond motifs is 15. The van der Waals surface area contributed by atoms with Gasteiger partial charge in [0.25, 0.3) is 0 Å². The van der Waals surface area contributed by atoms with Crippen molar-refractivity contribution in [1.82, 2.24) is 0 Å². The van der Waals surface area contributed by atoms with Crippen LogP contribution in [0.3, 0.4) is 0 Å². The standard InChI is InChI=1S/C67H52N2O2Si/c1-41-25-28-44(29-26-41)69(60-22-14-20-55-51-17-10-12-24-62(51)71-66(55)60)47-33-36-53-56(40-47)49-15-7-8-18-52(49)63-57-38-42-27-30-46(37-43(42)39-58(57)67(2,3)64(53)63)68(45-31-34-48(35-32-45)72(4,5)6)59-21-13-19-54-50-16-9-11-23-61(50)70-65(54)59/h7-40H,1-6H3. The zero-order chi connectivity index (χ0) is 48.6. The summed E-state index contributed by atoms with van der Waals surface area (Å²) in [6.45, 7) is 14.2. The van der Waals surface area contributed by atoms with Gasteiger partial charge in [-0.25, -0.2) is 0 Å². The molecule has 14 rings (SSSR count). The van der Waals surface area contributed by atoms with Crippen molar-refractivity contribution < 1.29 is 8.83 Å². The predicted octanol–water partition coefficient (Wildman–Crippen LogP) is 19.0. The van der Waals surface area contributed by atoms with Gasteiger partial charge in [-0.2, -0.15) is 0 Å². The molecular weight excluding hydrogens is 893 g/mol. The third-order valence-corrected chi connectivity index (χ3v) is 17.7. The van der Waals surface area contributed by atoms with Gasteiger partial charge in [-0.15, -0.1) is 0 Å². The molecule has 0 amide bonds. The topological polar surface area (TPSA) is 32.8 Å². The molecule has 1 aliphatic carbocycles. The van der Waals surface area contributed by atoms with Gasteiger partial charge in [0.2, 0.25) is 0 Å². The molecule has 0 saturated heterocycles. The summed E-state index contributed by atoms with van der Waals surface area (Å²) in [7, 11) is -1.53. The minimum Gasteiger partial charge on any atom is -0.454 e. The zero-order valence-electron chi connectivity index (χ0n) is 41.3. The Bertz CT molecular complexity index is 4360. The smallest absolute Gasteiger partial charge is 0.159 e. The van der Waals surface area contributed by atoms with Crippen LogP contribution >= 0.6 is 0 Å². The molecule has 0 saturated carbocycles. The Kier molecular flexibility index (Phi) is 9.18. The van der Waals surface area contributed by atoms with Gasteiger partial charge in [0.05, 0.1) is 19.4 Å². The van der Waals surface area contributed by atoms with E-state index in [1.165, 1.54) is 65.3 Å². The van der Waals surface area contributed by atoms with Crippen molar-refractivity contribution >= 4 is 124 Å². The number of nitrogens with zero attached hydrogens (tertiary/aromatic N) is 2. The third-order valence-electron chi connectivity index (χ3n) is 15.6. The number of hydrogen-bond acceptors (Lipinski definition) is 4. The molecule has 11 aromatic carbocycles. The summed E-state index contributed by atoms with van der Waals surface area (Å²) in [6, 6.07) is 75.9. The first-order valence-corrected chi connectivity index (χ1v) is 28.7. The minimum atomic E-state index is -1.53. The fraction of sp³-hybridized carbons (Fsp3) is 0.104. The molecule has 4 nitrogen and oxygen atoms in total. The maximum atomic E-state index is 6.72. The summed E-state index contributed by atoms with van der Waals surface area (Å²) in [4.78, 5) is 4.76. The first kappa shape index (κ1) is 42.5. The summed E-state index contributed by atoms with van der Waals surface area (Å²) in [6.07, 6.45) is 0. The van der Waals surface area contributed by atoms with Crippen LogP contribution in [0.4, 0.5) is 34.1 Å². The van der Waals surface area contributed by atoms with Crippen molar-refractivity contribution in [1.29, 1.82) is 0 Å². The SMILES string of the molecule is Cc1ccc(N(c2ccc3c4c(c5ccccc5c3c2)-c2cc3ccc(N(c5ccc([Si](C)(C)C)cc5)c5cccc6c5oc5ccccc56)cc3cc2C4(C)C)c2cccc3c2oc2ccccc23)cc1. The molecule has 72 heavy (non-hydrogen) atoms. The Morgan fingerprint density at radius 2 is 0.917 bits per heavy atom. The fourth-order valence-corrected chi connectivity index (χ4v) is 13.2. The highest BCUT2D eigenvalue weighted by molar-refractivity contribution is 6.88. The van der Waals surface area contributed by atoms with Gasteiger partial charge in [0, 0.05) is 49.7 Å². The molecule has 0 aliphatic heterocycles. The van der Waals surface area contributed by atoms with Crippen molar-refractivity contribution in [2.45, 2.75) is 45.8 Å². The monoisotopic (exact) mass is 944 g/mol. The third kappa shape index (κ3) is 6.36. The summed E-state index contributed by atoms with van der Waals surface area (Å²) in [5.41, 5.74) is 16.2. The van der Waals surface area contributed by atoms with Crippen LogP contribution in [-0.4, -0.2) is 8.07 Å². The molecule has 2 heterocycles. The first-order chi connectivity index (χ1) is 35.0. The van der Waals surface area contributed by atoms with Crippen LogP contribution in [0.5, 0.6) is 0 Å². The normalized spacial score (nSPS) is 13.2. The molecule has 0 fully saturated rings. The van der Waals surface area contributed by atoms with Gasteiger partial charge in [-0.1, -0.05) is 166 Å². The van der Waals surface area contributed by atoms with Gasteiger partial charge in [-0.3, -0.25) is 0 Å². The minimum absolute atomic E-state index is 0.304. The number of furan rings is 2. The maximum absolute atomic E-state index is 6.72. The highest BCUT2D eigenvalue weighted by atomic mass is 28.3. The summed E-state index contributed by atoms with van der Waals surface area (Å²) < 4.78 is 13.4. The van der Waals surface area contributed by atoms with Gasteiger partial charge in [0.15, 0.2) is 11.2 Å². The average molecular weight is 945 g/mol. The molecule has 0 radical (unpaired) electrons. The van der Waals surface area contributed by atoms with E-state index in [0.717, 1.165) is 78.0 Å². The van der Waals surface area contributed by atoms with Crippen LogP contribution in [-0.2, 0) is 5.41 Å². The van der Waals surface area contributed by atoms with Crippen LogP contribution < -0.4 is 15.0 Å². The van der Waals surface area contributed by atoms with Crippen LogP contribution in [0.1, 0.15) is 30.5 Å². The highest BCUT2D eigenvalue weighted by Crippen LogP contribution is 2.56. The van der Waals surface area contributed by atoms with Crippen LogP contribution in [0, 0.1) is 6.92 Å². The molecule has 2 aromatic heterocycles. The number of hydrogen-bond donors (Lipinski definition) is 0. The molecule has 1 aliphatic rings.